The van der Waals surface area contributed by atoms with Crippen LogP contribution in [0.2, 0.25) is 0 Å². The Balaban J connectivity index is 0.000000821. The van der Waals surface area contributed by atoms with Crippen LogP contribution >= 0.6 is 0 Å². The standard InChI is InChI=1S/C23H28N6O.CH2O2/c1-15-6-7-18(13-16(15)2)26-23(30)17-8-11-28(12-9-17)21-20-22(25-14-24-21)29-10-4-3-5-19(29)27-20;2-1-3/h6-7,13-14,17H,3-5,8-12H2,1-2H3,(H,26,30);1H,(H,2,3). The molecule has 2 aliphatic heterocycles. The number of aromatic nitrogens is 4. The van der Waals surface area contributed by atoms with E-state index in [1.165, 1.54) is 24.0 Å². The molecule has 0 atom stereocenters. The average Bonchev–Trinajstić information content (AvgIpc) is 3.21. The Kier molecular flexibility index (Phi) is 6.86. The van der Waals surface area contributed by atoms with Gasteiger partial charge in [-0.1, -0.05) is 6.07 Å². The highest BCUT2D eigenvalue weighted by atomic mass is 16.3. The number of nitrogens with zero attached hydrogens (tertiary/aromatic N) is 5. The number of fused-ring (bicyclic) bond motifs is 3. The number of piperidine rings is 1. The van der Waals surface area contributed by atoms with Gasteiger partial charge in [-0.15, -0.1) is 0 Å². The number of carboxylic acid groups (broad SMARTS) is 1. The van der Waals surface area contributed by atoms with E-state index in [0.717, 1.165) is 67.4 Å². The molecule has 1 fully saturated rings. The van der Waals surface area contributed by atoms with Crippen molar-refractivity contribution in [3.8, 4) is 0 Å². The maximum Gasteiger partial charge on any atom is 0.290 e. The zero-order valence-corrected chi connectivity index (χ0v) is 19.1. The second-order valence-corrected chi connectivity index (χ2v) is 8.66. The normalized spacial score (nSPS) is 16.0. The molecule has 0 radical (unpaired) electrons. The molecule has 0 unspecified atom stereocenters. The Morgan fingerprint density at radius 1 is 1.12 bits per heavy atom. The fourth-order valence-corrected chi connectivity index (χ4v) is 4.60. The van der Waals surface area contributed by atoms with Crippen molar-refractivity contribution in [1.29, 1.82) is 0 Å². The molecule has 9 nitrogen and oxygen atoms in total. The Labute approximate surface area is 192 Å². The third-order valence-electron chi connectivity index (χ3n) is 6.56. The minimum absolute atomic E-state index is 0.0235. The number of rotatable bonds is 3. The van der Waals surface area contributed by atoms with Crippen LogP contribution in [0.3, 0.4) is 0 Å². The highest BCUT2D eigenvalue weighted by Gasteiger charge is 2.28. The number of carbonyl (C=O) groups is 2. The number of hydrogen-bond acceptors (Lipinski definition) is 6. The topological polar surface area (TPSA) is 113 Å². The second-order valence-electron chi connectivity index (χ2n) is 8.66. The van der Waals surface area contributed by atoms with E-state index in [4.69, 9.17) is 14.9 Å². The fourth-order valence-electron chi connectivity index (χ4n) is 4.60. The molecule has 0 bridgehead atoms. The Morgan fingerprint density at radius 3 is 2.61 bits per heavy atom. The monoisotopic (exact) mass is 450 g/mol. The number of imidazole rings is 1. The van der Waals surface area contributed by atoms with Gasteiger partial charge in [0.1, 0.15) is 12.2 Å². The zero-order valence-electron chi connectivity index (χ0n) is 19.1. The lowest BCUT2D eigenvalue weighted by Gasteiger charge is -2.32. The lowest BCUT2D eigenvalue weighted by atomic mass is 9.95. The van der Waals surface area contributed by atoms with E-state index in [9.17, 15) is 4.79 Å². The summed E-state index contributed by atoms with van der Waals surface area (Å²) in [6.07, 6.45) is 6.66. The Morgan fingerprint density at radius 2 is 1.88 bits per heavy atom. The summed E-state index contributed by atoms with van der Waals surface area (Å²) in [6, 6.07) is 6.08. The van der Waals surface area contributed by atoms with Crippen molar-refractivity contribution in [2.24, 2.45) is 5.92 Å². The minimum Gasteiger partial charge on any atom is -0.483 e. The molecule has 2 aliphatic rings. The molecule has 1 aromatic carbocycles. The third-order valence-corrected chi connectivity index (χ3v) is 6.56. The minimum atomic E-state index is -0.250. The van der Waals surface area contributed by atoms with Crippen molar-refractivity contribution in [2.75, 3.05) is 23.3 Å². The van der Waals surface area contributed by atoms with Crippen molar-refractivity contribution in [1.82, 2.24) is 19.5 Å². The largest absolute Gasteiger partial charge is 0.483 e. The zero-order chi connectivity index (χ0) is 23.4. The van der Waals surface area contributed by atoms with Crippen molar-refractivity contribution in [3.63, 3.8) is 0 Å². The third kappa shape index (κ3) is 4.81. The summed E-state index contributed by atoms with van der Waals surface area (Å²) in [4.78, 5) is 37.4. The van der Waals surface area contributed by atoms with Crippen molar-refractivity contribution < 1.29 is 14.7 Å². The van der Waals surface area contributed by atoms with Gasteiger partial charge in [0.15, 0.2) is 17.0 Å². The van der Waals surface area contributed by atoms with Crippen LogP contribution in [0.1, 0.15) is 42.6 Å². The van der Waals surface area contributed by atoms with Gasteiger partial charge in [0.2, 0.25) is 5.91 Å². The van der Waals surface area contributed by atoms with E-state index >= 15 is 0 Å². The molecule has 2 N–H and O–H groups in total. The van der Waals surface area contributed by atoms with Crippen LogP contribution in [-0.2, 0) is 22.6 Å². The van der Waals surface area contributed by atoms with Gasteiger partial charge in [0.05, 0.1) is 0 Å². The van der Waals surface area contributed by atoms with E-state index in [1.54, 1.807) is 6.33 Å². The number of hydrogen-bond donors (Lipinski definition) is 2. The van der Waals surface area contributed by atoms with E-state index in [1.807, 2.05) is 12.1 Å². The maximum absolute atomic E-state index is 12.8. The average molecular weight is 451 g/mol. The second kappa shape index (κ2) is 9.97. The molecule has 4 heterocycles. The molecule has 33 heavy (non-hydrogen) atoms. The van der Waals surface area contributed by atoms with Gasteiger partial charge in [-0.25, -0.2) is 15.0 Å². The molecule has 9 heteroatoms. The van der Waals surface area contributed by atoms with Crippen molar-refractivity contribution in [3.05, 3.63) is 41.5 Å². The maximum atomic E-state index is 12.8. The van der Waals surface area contributed by atoms with Crippen LogP contribution in [0.5, 0.6) is 0 Å². The molecule has 0 saturated carbocycles. The van der Waals surface area contributed by atoms with Crippen LogP contribution in [0, 0.1) is 19.8 Å². The number of carbonyl (C=O) groups excluding carboxylic acids is 1. The highest BCUT2D eigenvalue weighted by Crippen LogP contribution is 2.30. The van der Waals surface area contributed by atoms with Gasteiger partial charge in [0.25, 0.3) is 6.47 Å². The van der Waals surface area contributed by atoms with Gasteiger partial charge in [-0.2, -0.15) is 0 Å². The highest BCUT2D eigenvalue weighted by molar-refractivity contribution is 5.93. The quantitative estimate of drug-likeness (QED) is 0.589. The number of amides is 1. The molecule has 5 rings (SSSR count). The van der Waals surface area contributed by atoms with Crippen LogP contribution in [0.25, 0.3) is 11.2 Å². The number of anilines is 2. The first kappa shape index (κ1) is 22.7. The summed E-state index contributed by atoms with van der Waals surface area (Å²) in [6.45, 7) is 6.50. The van der Waals surface area contributed by atoms with Crippen molar-refractivity contribution in [2.45, 2.75) is 52.5 Å². The van der Waals surface area contributed by atoms with Crippen molar-refractivity contribution >= 4 is 35.0 Å². The summed E-state index contributed by atoms with van der Waals surface area (Å²) in [5.74, 6) is 2.18. The van der Waals surface area contributed by atoms with E-state index < -0.39 is 0 Å². The first-order valence-corrected chi connectivity index (χ1v) is 11.4. The summed E-state index contributed by atoms with van der Waals surface area (Å²) in [7, 11) is 0. The van der Waals surface area contributed by atoms with E-state index in [-0.39, 0.29) is 18.3 Å². The van der Waals surface area contributed by atoms with Gasteiger partial charge in [-0.05, 0) is 62.8 Å². The van der Waals surface area contributed by atoms with Gasteiger partial charge >= 0.3 is 0 Å². The Bertz CT molecular complexity index is 1150. The summed E-state index contributed by atoms with van der Waals surface area (Å²) >= 11 is 0. The summed E-state index contributed by atoms with van der Waals surface area (Å²) < 4.78 is 2.24. The van der Waals surface area contributed by atoms with Gasteiger partial charge < -0.3 is 19.9 Å². The van der Waals surface area contributed by atoms with E-state index in [0.29, 0.717) is 0 Å². The number of benzene rings is 1. The molecular weight excluding hydrogens is 420 g/mol. The first-order valence-electron chi connectivity index (χ1n) is 11.4. The van der Waals surface area contributed by atoms with Crippen LogP contribution in [0.4, 0.5) is 11.5 Å². The lowest BCUT2D eigenvalue weighted by Crippen LogP contribution is -2.38. The summed E-state index contributed by atoms with van der Waals surface area (Å²) in [5, 5.41) is 9.99. The van der Waals surface area contributed by atoms with Gasteiger partial charge in [-0.3, -0.25) is 9.59 Å². The SMILES string of the molecule is Cc1ccc(NC(=O)C2CCN(c3ncnc4c3nc3n4CCCC3)CC2)cc1C.O=CO. The number of nitrogens with one attached hydrogen (secondary N) is 1. The predicted molar refractivity (Wildman–Crippen MR) is 126 cm³/mol. The van der Waals surface area contributed by atoms with E-state index in [2.05, 4.69) is 44.7 Å². The molecule has 3 aromatic rings. The molecule has 174 valence electrons. The molecular formula is C24H30N6O3. The number of aryl methyl sites for hydroxylation is 4. The summed E-state index contributed by atoms with van der Waals surface area (Å²) in [5.41, 5.74) is 5.17. The Hall–Kier alpha value is -3.49. The molecule has 0 aliphatic carbocycles. The first-order chi connectivity index (χ1) is 16.0. The molecule has 1 amide bonds. The lowest BCUT2D eigenvalue weighted by molar-refractivity contribution is -0.123. The van der Waals surface area contributed by atoms with Gasteiger partial charge in [0, 0.05) is 37.7 Å². The van der Waals surface area contributed by atoms with Crippen LogP contribution in [0.15, 0.2) is 24.5 Å². The molecule has 0 spiro atoms. The van der Waals surface area contributed by atoms with Crippen LogP contribution < -0.4 is 10.2 Å². The molecule has 2 aromatic heterocycles. The molecule has 1 saturated heterocycles. The fraction of sp³-hybridized carbons (Fsp3) is 0.458. The predicted octanol–water partition coefficient (Wildman–Crippen LogP) is 3.34. The van der Waals surface area contributed by atoms with Crippen LogP contribution in [-0.4, -0.2) is 50.1 Å². The smallest absolute Gasteiger partial charge is 0.290 e.